The molecule has 0 saturated carbocycles. The van der Waals surface area contributed by atoms with Gasteiger partial charge in [0.25, 0.3) is 5.91 Å². The zero-order valence-corrected chi connectivity index (χ0v) is 13.2. The van der Waals surface area contributed by atoms with Gasteiger partial charge < -0.3 is 9.64 Å². The number of nitriles is 1. The van der Waals surface area contributed by atoms with E-state index < -0.39 is 6.10 Å². The summed E-state index contributed by atoms with van der Waals surface area (Å²) in [7, 11) is 1.73. The minimum absolute atomic E-state index is 0.0418. The molecule has 1 amide bonds. The Bertz CT molecular complexity index is 526. The number of morpholine rings is 1. The predicted molar refractivity (Wildman–Crippen MR) is 83.9 cm³/mol. The molecule has 0 unspecified atom stereocenters. The van der Waals surface area contributed by atoms with Crippen molar-refractivity contribution in [2.75, 3.05) is 33.3 Å². The third-order valence-corrected chi connectivity index (χ3v) is 3.82. The standard InChI is InChI=1S/C17H23N3O2/c1-14(10-18)11-19(2)17(21)16-13-20(8-9-22-16)12-15-6-4-3-5-7-15/h3-7,14,16H,8-9,11-13H2,1-2H3/t14-,16+/m1/s1. The van der Waals surface area contributed by atoms with Crippen molar-refractivity contribution >= 4 is 5.91 Å². The lowest BCUT2D eigenvalue weighted by molar-refractivity contribution is -0.148. The van der Waals surface area contributed by atoms with Crippen LogP contribution in [0.4, 0.5) is 0 Å². The second-order valence-electron chi connectivity index (χ2n) is 5.83. The fourth-order valence-electron chi connectivity index (χ4n) is 2.62. The minimum atomic E-state index is -0.437. The van der Waals surface area contributed by atoms with E-state index in [1.54, 1.807) is 11.9 Å². The Morgan fingerprint density at radius 1 is 1.50 bits per heavy atom. The lowest BCUT2D eigenvalue weighted by Crippen LogP contribution is -2.50. The molecule has 5 nitrogen and oxygen atoms in total. The average molecular weight is 301 g/mol. The summed E-state index contributed by atoms with van der Waals surface area (Å²) < 4.78 is 5.63. The first-order valence-corrected chi connectivity index (χ1v) is 7.62. The fraction of sp³-hybridized carbons (Fsp3) is 0.529. The summed E-state index contributed by atoms with van der Waals surface area (Å²) in [6, 6.07) is 12.4. The number of amides is 1. The summed E-state index contributed by atoms with van der Waals surface area (Å²) in [5.74, 6) is -0.210. The van der Waals surface area contributed by atoms with Crippen molar-refractivity contribution in [2.24, 2.45) is 5.92 Å². The quantitative estimate of drug-likeness (QED) is 0.827. The molecule has 1 aromatic carbocycles. The molecule has 1 heterocycles. The van der Waals surface area contributed by atoms with Crippen LogP contribution in [0.3, 0.4) is 0 Å². The number of likely N-dealkylation sites (N-methyl/N-ethyl adjacent to an activating group) is 1. The molecule has 1 saturated heterocycles. The number of nitrogens with zero attached hydrogens (tertiary/aromatic N) is 3. The molecule has 1 aliphatic rings. The van der Waals surface area contributed by atoms with Crippen LogP contribution in [0, 0.1) is 17.2 Å². The van der Waals surface area contributed by atoms with Gasteiger partial charge in [-0.3, -0.25) is 9.69 Å². The molecule has 2 atom stereocenters. The smallest absolute Gasteiger partial charge is 0.252 e. The van der Waals surface area contributed by atoms with Crippen molar-refractivity contribution in [1.82, 2.24) is 9.80 Å². The number of hydrogen-bond acceptors (Lipinski definition) is 4. The van der Waals surface area contributed by atoms with E-state index >= 15 is 0 Å². The predicted octanol–water partition coefficient (Wildman–Crippen LogP) is 1.51. The van der Waals surface area contributed by atoms with Gasteiger partial charge in [-0.05, 0) is 12.5 Å². The van der Waals surface area contributed by atoms with Gasteiger partial charge in [0.2, 0.25) is 0 Å². The Hall–Kier alpha value is -1.90. The molecule has 0 spiro atoms. The highest BCUT2D eigenvalue weighted by molar-refractivity contribution is 5.81. The molecule has 2 rings (SSSR count). The monoisotopic (exact) mass is 301 g/mol. The molecule has 0 N–H and O–H groups in total. The van der Waals surface area contributed by atoms with Crippen LogP contribution in [0.15, 0.2) is 30.3 Å². The van der Waals surface area contributed by atoms with Crippen molar-refractivity contribution in [3.63, 3.8) is 0 Å². The van der Waals surface area contributed by atoms with Gasteiger partial charge in [-0.1, -0.05) is 30.3 Å². The van der Waals surface area contributed by atoms with E-state index in [1.165, 1.54) is 5.56 Å². The van der Waals surface area contributed by atoms with Gasteiger partial charge in [0.15, 0.2) is 0 Å². The topological polar surface area (TPSA) is 56.6 Å². The van der Waals surface area contributed by atoms with Crippen LogP contribution >= 0.6 is 0 Å². The molecule has 5 heteroatoms. The van der Waals surface area contributed by atoms with E-state index in [1.807, 2.05) is 25.1 Å². The van der Waals surface area contributed by atoms with E-state index in [9.17, 15) is 4.79 Å². The number of rotatable bonds is 5. The maximum absolute atomic E-state index is 12.4. The van der Waals surface area contributed by atoms with Crippen LogP contribution in [-0.4, -0.2) is 55.1 Å². The Kier molecular flexibility index (Phi) is 5.93. The number of benzene rings is 1. The van der Waals surface area contributed by atoms with Gasteiger partial charge in [-0.25, -0.2) is 0 Å². The zero-order chi connectivity index (χ0) is 15.9. The lowest BCUT2D eigenvalue weighted by Gasteiger charge is -2.34. The van der Waals surface area contributed by atoms with Gasteiger partial charge in [0.05, 0.1) is 18.6 Å². The van der Waals surface area contributed by atoms with Crippen molar-refractivity contribution < 1.29 is 9.53 Å². The Morgan fingerprint density at radius 3 is 2.91 bits per heavy atom. The molecule has 1 fully saturated rings. The van der Waals surface area contributed by atoms with Crippen molar-refractivity contribution in [2.45, 2.75) is 19.6 Å². The van der Waals surface area contributed by atoms with Crippen molar-refractivity contribution in [1.29, 1.82) is 5.26 Å². The summed E-state index contributed by atoms with van der Waals surface area (Å²) in [5, 5.41) is 8.85. The second-order valence-corrected chi connectivity index (χ2v) is 5.83. The normalized spacial score (nSPS) is 20.1. The molecule has 0 radical (unpaired) electrons. The van der Waals surface area contributed by atoms with Gasteiger partial charge in [-0.15, -0.1) is 0 Å². The van der Waals surface area contributed by atoms with Gasteiger partial charge in [-0.2, -0.15) is 5.26 Å². The third-order valence-electron chi connectivity index (χ3n) is 3.82. The van der Waals surface area contributed by atoms with Crippen LogP contribution < -0.4 is 0 Å². The highest BCUT2D eigenvalue weighted by atomic mass is 16.5. The highest BCUT2D eigenvalue weighted by Gasteiger charge is 2.29. The van der Waals surface area contributed by atoms with Crippen LogP contribution in [0.25, 0.3) is 0 Å². The van der Waals surface area contributed by atoms with Gasteiger partial charge in [0, 0.05) is 33.2 Å². The summed E-state index contributed by atoms with van der Waals surface area (Å²) in [6.07, 6.45) is -0.437. The minimum Gasteiger partial charge on any atom is -0.366 e. The Morgan fingerprint density at radius 2 is 2.23 bits per heavy atom. The third kappa shape index (κ3) is 4.55. The Labute approximate surface area is 132 Å². The van der Waals surface area contributed by atoms with Gasteiger partial charge in [0.1, 0.15) is 6.10 Å². The maximum Gasteiger partial charge on any atom is 0.252 e. The van der Waals surface area contributed by atoms with Crippen LogP contribution in [0.5, 0.6) is 0 Å². The molecule has 0 aliphatic carbocycles. The number of carbonyl (C=O) groups is 1. The van der Waals surface area contributed by atoms with Gasteiger partial charge >= 0.3 is 0 Å². The van der Waals surface area contributed by atoms with Crippen LogP contribution in [0.2, 0.25) is 0 Å². The zero-order valence-electron chi connectivity index (χ0n) is 13.2. The number of hydrogen-bond donors (Lipinski definition) is 0. The van der Waals surface area contributed by atoms with E-state index in [4.69, 9.17) is 10.00 Å². The Balaban J connectivity index is 1.90. The van der Waals surface area contributed by atoms with E-state index in [-0.39, 0.29) is 11.8 Å². The summed E-state index contributed by atoms with van der Waals surface area (Å²) in [5.41, 5.74) is 1.24. The van der Waals surface area contributed by atoms with Crippen LogP contribution in [0.1, 0.15) is 12.5 Å². The molecule has 1 aliphatic heterocycles. The first-order valence-electron chi connectivity index (χ1n) is 7.62. The summed E-state index contributed by atoms with van der Waals surface area (Å²) >= 11 is 0. The highest BCUT2D eigenvalue weighted by Crippen LogP contribution is 2.12. The van der Waals surface area contributed by atoms with Crippen LogP contribution in [-0.2, 0) is 16.1 Å². The van der Waals surface area contributed by atoms with E-state index in [0.29, 0.717) is 19.7 Å². The second kappa shape index (κ2) is 7.92. The average Bonchev–Trinajstić information content (AvgIpc) is 2.55. The lowest BCUT2D eigenvalue weighted by atomic mass is 10.1. The van der Waals surface area contributed by atoms with Crippen molar-refractivity contribution in [3.05, 3.63) is 35.9 Å². The SMILES string of the molecule is C[C@H](C#N)CN(C)C(=O)[C@@H]1CN(Cc2ccccc2)CCO1. The largest absolute Gasteiger partial charge is 0.366 e. The first-order chi connectivity index (χ1) is 10.6. The summed E-state index contributed by atoms with van der Waals surface area (Å²) in [4.78, 5) is 16.3. The number of ether oxygens (including phenoxy) is 1. The fourth-order valence-corrected chi connectivity index (χ4v) is 2.62. The molecule has 22 heavy (non-hydrogen) atoms. The van der Waals surface area contributed by atoms with E-state index in [0.717, 1.165) is 13.1 Å². The summed E-state index contributed by atoms with van der Waals surface area (Å²) in [6.45, 7) is 5.06. The first kappa shape index (κ1) is 16.5. The molecule has 1 aromatic rings. The molecular weight excluding hydrogens is 278 g/mol. The molecule has 0 bridgehead atoms. The molecule has 0 aromatic heterocycles. The molecule has 118 valence electrons. The maximum atomic E-state index is 12.4. The number of carbonyl (C=O) groups excluding carboxylic acids is 1. The van der Waals surface area contributed by atoms with E-state index in [2.05, 4.69) is 23.1 Å². The van der Waals surface area contributed by atoms with Crippen molar-refractivity contribution in [3.8, 4) is 6.07 Å². The molecular formula is C17H23N3O2.